The van der Waals surface area contributed by atoms with Gasteiger partial charge in [0.15, 0.2) is 0 Å². The van der Waals surface area contributed by atoms with Crippen LogP contribution < -0.4 is 0 Å². The molecule has 0 bridgehead atoms. The van der Waals surface area contributed by atoms with Gasteiger partial charge >= 0.3 is 6.55 Å². The van der Waals surface area contributed by atoms with Crippen molar-refractivity contribution >= 4 is 22.2 Å². The topological polar surface area (TPSA) is 210 Å². The van der Waals surface area contributed by atoms with Crippen LogP contribution in [-0.2, 0) is 40.2 Å². The van der Waals surface area contributed by atoms with E-state index in [4.69, 9.17) is 4.52 Å². The fourth-order valence-electron chi connectivity index (χ4n) is 11.5. The Morgan fingerprint density at radius 2 is 1.08 bits per heavy atom. The first kappa shape index (κ1) is 101. The number of rotatable bonds is 14. The van der Waals surface area contributed by atoms with Gasteiger partial charge in [-0.3, -0.25) is 38.1 Å². The zero-order valence-corrected chi connectivity index (χ0v) is 78.1. The molecular formula is C93H146F2N18O2S. The molecule has 1 fully saturated rings. The molecule has 20 nitrogen and oxygen atoms in total. The first-order chi connectivity index (χ1) is 54.0. The third kappa shape index (κ3) is 37.0. The monoisotopic (exact) mass is 1620 g/mol. The Labute approximate surface area is 699 Å². The minimum Gasteiger partial charge on any atom is -0.389 e. The standard InChI is InChI=1S/C12H13N.C11H20N2O.C9H14N2.C9H13N.C8H14N2.C8H13NO.C8H13NS.C7H10F2N2.3C7H12N2/c1-9(2)10-5-6-12-11(8-10)4-3-7-13-12;1-8(2)10-6-13(12-9(10)3)7-11(4,5)14;1-7(2)8-5-10-11(6-8)9-3-4-9;1-7(2)9-4-5-10-8(3)6-9;1-8(2,3)7-5-9-10(4)6-7;1-5(2)8-6(3)9-10-7(8)4;1-5(2)8-6(3)9-7(4)10-8;1-5(2)6-3-10-11(4-6)7(8)9;1-6(2)7-4-8-9(3)5-7;1-6(2)7-4-5-9(3)8-7;1-6(2)7-4-5-8-9(7)3/h3-9H,1-2H3;6,8,14H,7H2,1-5H3;5-7,9H,3-4H2,1-2H3;4-7H,1-3H3;5-6H,1-4H3;2*5H,1-4H3;3-5,7H,1-2H3;3*4-6H,1-3H3. The lowest BCUT2D eigenvalue weighted by atomic mass is 9.90. The number of fused-ring (bicyclic) bond motifs is 1. The molecule has 11 aromatic heterocycles. The Morgan fingerprint density at radius 1 is 0.509 bits per heavy atom. The molecule has 1 saturated carbocycles. The van der Waals surface area contributed by atoms with Crippen LogP contribution in [0, 0.1) is 41.5 Å². The molecule has 13 rings (SSSR count). The summed E-state index contributed by atoms with van der Waals surface area (Å²) in [6, 6.07) is 19.6. The first-order valence-electron chi connectivity index (χ1n) is 41.2. The van der Waals surface area contributed by atoms with E-state index in [0.29, 0.717) is 64.5 Å². The highest BCUT2D eigenvalue weighted by Crippen LogP contribution is 2.35. The summed E-state index contributed by atoms with van der Waals surface area (Å²) in [7, 11) is 7.78. The van der Waals surface area contributed by atoms with Gasteiger partial charge in [0, 0.05) is 111 Å². The maximum Gasteiger partial charge on any atom is 0.333 e. The van der Waals surface area contributed by atoms with Gasteiger partial charge in [-0.1, -0.05) is 177 Å². The molecule has 1 aliphatic carbocycles. The molecule has 640 valence electrons. The van der Waals surface area contributed by atoms with Crippen molar-refractivity contribution in [2.24, 2.45) is 28.2 Å². The molecule has 116 heavy (non-hydrogen) atoms. The van der Waals surface area contributed by atoms with Gasteiger partial charge in [0.1, 0.15) is 5.76 Å². The number of aromatic nitrogens is 18. The zero-order valence-electron chi connectivity index (χ0n) is 77.3. The fourth-order valence-corrected chi connectivity index (χ4v) is 12.5. The van der Waals surface area contributed by atoms with Crippen LogP contribution in [0.25, 0.3) is 10.9 Å². The van der Waals surface area contributed by atoms with Gasteiger partial charge in [0.05, 0.1) is 76.3 Å². The molecule has 0 spiro atoms. The summed E-state index contributed by atoms with van der Waals surface area (Å²) in [5.41, 5.74) is 17.5. The molecule has 0 saturated heterocycles. The summed E-state index contributed by atoms with van der Waals surface area (Å²) in [6.07, 6.45) is 27.1. The summed E-state index contributed by atoms with van der Waals surface area (Å²) in [5, 5.41) is 44.6. The van der Waals surface area contributed by atoms with Crippen molar-refractivity contribution in [2.45, 2.75) is 317 Å². The van der Waals surface area contributed by atoms with Crippen molar-refractivity contribution in [3.63, 3.8) is 0 Å². The van der Waals surface area contributed by atoms with Gasteiger partial charge in [0.2, 0.25) is 0 Å². The van der Waals surface area contributed by atoms with E-state index in [1.54, 1.807) is 13.8 Å². The quantitative estimate of drug-likeness (QED) is 0.108. The van der Waals surface area contributed by atoms with Crippen molar-refractivity contribution in [3.05, 3.63) is 229 Å². The van der Waals surface area contributed by atoms with Crippen LogP contribution in [0.4, 0.5) is 8.78 Å². The summed E-state index contributed by atoms with van der Waals surface area (Å²) >= 11 is 1.81. The van der Waals surface area contributed by atoms with Crippen molar-refractivity contribution < 1.29 is 18.4 Å². The van der Waals surface area contributed by atoms with Crippen molar-refractivity contribution in [2.75, 3.05) is 0 Å². The van der Waals surface area contributed by atoms with Gasteiger partial charge < -0.3 is 9.63 Å². The summed E-state index contributed by atoms with van der Waals surface area (Å²) < 4.78 is 40.9. The Morgan fingerprint density at radius 3 is 1.41 bits per heavy atom. The largest absolute Gasteiger partial charge is 0.389 e. The number of aliphatic hydroxyl groups is 1. The predicted molar refractivity (Wildman–Crippen MR) is 478 cm³/mol. The summed E-state index contributed by atoms with van der Waals surface area (Å²) in [5.74, 6) is 6.38. The van der Waals surface area contributed by atoms with E-state index >= 15 is 0 Å². The van der Waals surface area contributed by atoms with Crippen LogP contribution in [0.2, 0.25) is 0 Å². The highest BCUT2D eigenvalue weighted by atomic mass is 32.1. The highest BCUT2D eigenvalue weighted by Gasteiger charge is 2.25. The lowest BCUT2D eigenvalue weighted by Gasteiger charge is -2.16. The van der Waals surface area contributed by atoms with Crippen molar-refractivity contribution in [1.29, 1.82) is 0 Å². The summed E-state index contributed by atoms with van der Waals surface area (Å²) in [6.45, 7) is 63.3. The van der Waals surface area contributed by atoms with E-state index in [9.17, 15) is 13.9 Å². The smallest absolute Gasteiger partial charge is 0.333 e. The van der Waals surface area contributed by atoms with Gasteiger partial charge in [0.25, 0.3) is 0 Å². The highest BCUT2D eigenvalue weighted by molar-refractivity contribution is 7.11. The maximum absolute atomic E-state index is 11.9. The second-order valence-corrected chi connectivity index (χ2v) is 36.0. The SMILES string of the molecule is CC(C)c1ccc2ncccc2c1.CC(C)c1ccn(C)n1.CC(C)c1ccnn1C.CC(C)c1cnn(C(F)F)c1.CC(C)c1cnn(C)c1.CC(C)c1cnn(C2CC2)c1.Cc1cc(C(C)C)ccn1.Cc1nc(C)c(C(C)C)s1.Cc1nn(CC(C)(C)O)cc1C(C)C.Cc1noc(C)c1C(C)C.Cn1cc(C(C)(C)C)cn1. The number of halogens is 2. The van der Waals surface area contributed by atoms with Gasteiger partial charge in [-0.15, -0.1) is 11.3 Å². The van der Waals surface area contributed by atoms with Crippen LogP contribution in [0.5, 0.6) is 0 Å². The van der Waals surface area contributed by atoms with E-state index in [-0.39, 0.29) is 11.3 Å². The number of thiazole rings is 1. The Kier molecular flexibility index (Phi) is 42.3. The number of aryl methyl sites for hydroxylation is 10. The van der Waals surface area contributed by atoms with E-state index < -0.39 is 12.2 Å². The lowest BCUT2D eigenvalue weighted by molar-refractivity contribution is 0.0563. The van der Waals surface area contributed by atoms with Crippen LogP contribution in [0.15, 0.2) is 140 Å². The molecule has 12 aromatic rings. The molecule has 11 heterocycles. The second-order valence-electron chi connectivity index (χ2n) is 34.7. The first-order valence-corrected chi connectivity index (χ1v) is 42.0. The van der Waals surface area contributed by atoms with Crippen molar-refractivity contribution in [1.82, 2.24) is 88.6 Å². The molecule has 0 unspecified atom stereocenters. The number of alkyl halides is 2. The van der Waals surface area contributed by atoms with Crippen LogP contribution in [0.3, 0.4) is 0 Å². The number of pyridine rings is 2. The van der Waals surface area contributed by atoms with Crippen molar-refractivity contribution in [3.8, 4) is 0 Å². The molecule has 0 amide bonds. The number of nitrogens with zero attached hydrogens (tertiary/aromatic N) is 18. The molecule has 0 atom stereocenters. The maximum atomic E-state index is 11.9. The van der Waals surface area contributed by atoms with Crippen LogP contribution in [-0.4, -0.2) is 99.3 Å². The molecule has 1 aliphatic rings. The molecular weight excluding hydrogens is 1470 g/mol. The van der Waals surface area contributed by atoms with E-state index in [2.05, 4.69) is 269 Å². The fraction of sp³-hybridized carbons (Fsp3) is 0.559. The lowest BCUT2D eigenvalue weighted by Crippen LogP contribution is -2.26. The number of benzene rings is 1. The van der Waals surface area contributed by atoms with E-state index in [1.165, 1.54) is 90.8 Å². The third-order valence-corrected chi connectivity index (χ3v) is 20.0. The van der Waals surface area contributed by atoms with Crippen LogP contribution >= 0.6 is 11.3 Å². The summed E-state index contributed by atoms with van der Waals surface area (Å²) in [4.78, 5) is 14.2. The third-order valence-electron chi connectivity index (χ3n) is 18.6. The number of hydrogen-bond donors (Lipinski definition) is 1. The molecule has 0 aliphatic heterocycles. The van der Waals surface area contributed by atoms with Gasteiger partial charge in [-0.25, -0.2) is 9.67 Å². The molecule has 1 aromatic carbocycles. The van der Waals surface area contributed by atoms with Crippen LogP contribution in [0.1, 0.15) is 352 Å². The molecule has 0 radical (unpaired) electrons. The average Bonchev–Trinajstić information content (AvgIpc) is 1.61. The zero-order chi connectivity index (χ0) is 87.8. The van der Waals surface area contributed by atoms with E-state index in [0.717, 1.165) is 45.7 Å². The average molecular weight is 1620 g/mol. The number of hydrogen-bond acceptors (Lipinski definition) is 14. The van der Waals surface area contributed by atoms with Gasteiger partial charge in [-0.05, 0) is 214 Å². The van der Waals surface area contributed by atoms with E-state index in [1.807, 2.05) is 178 Å². The molecule has 23 heteroatoms. The minimum atomic E-state index is -2.53. The predicted octanol–water partition coefficient (Wildman–Crippen LogP) is 24.3. The van der Waals surface area contributed by atoms with Gasteiger partial charge in [-0.2, -0.15) is 44.5 Å². The second kappa shape index (κ2) is 48.6. The normalized spacial score (nSPS) is 11.8. The minimum absolute atomic E-state index is 0.230. The molecule has 1 N–H and O–H groups in total. The Balaban J connectivity index is 0.000000331. The Bertz CT molecular complexity index is 4530. The Hall–Kier alpha value is -9.09.